The van der Waals surface area contributed by atoms with E-state index in [1.54, 1.807) is 41.5 Å². The first-order chi connectivity index (χ1) is 5.07. The van der Waals surface area contributed by atoms with Gasteiger partial charge in [-0.3, -0.25) is 10.0 Å². The molecule has 0 aliphatic rings. The molecular formula is C9H19NO2. The van der Waals surface area contributed by atoms with Crippen molar-refractivity contribution in [3.8, 4) is 0 Å². The molecular weight excluding hydrogens is 154 g/mol. The molecule has 72 valence electrons. The summed E-state index contributed by atoms with van der Waals surface area (Å²) in [5.41, 5.74) is -1.05. The highest BCUT2D eigenvalue weighted by atomic mass is 16.5. The topological polar surface area (TPSA) is 40.5 Å². The Morgan fingerprint density at radius 3 is 1.50 bits per heavy atom. The second-order valence-corrected chi connectivity index (χ2v) is 5.04. The van der Waals surface area contributed by atoms with E-state index in [0.717, 1.165) is 5.06 Å². The van der Waals surface area contributed by atoms with E-state index in [4.69, 9.17) is 0 Å². The summed E-state index contributed by atoms with van der Waals surface area (Å²) in [6, 6.07) is 0. The van der Waals surface area contributed by atoms with E-state index >= 15 is 0 Å². The number of amides is 1. The molecule has 0 heterocycles. The number of hydrogen-bond donors (Lipinski definition) is 1. The highest BCUT2D eigenvalue weighted by Crippen LogP contribution is 2.21. The predicted molar refractivity (Wildman–Crippen MR) is 47.8 cm³/mol. The molecule has 0 radical (unpaired) electrons. The Bertz CT molecular complexity index is 174. The van der Waals surface area contributed by atoms with Gasteiger partial charge in [-0.1, -0.05) is 20.8 Å². The molecule has 3 nitrogen and oxygen atoms in total. The van der Waals surface area contributed by atoms with E-state index in [1.165, 1.54) is 0 Å². The first-order valence-electron chi connectivity index (χ1n) is 4.10. The van der Waals surface area contributed by atoms with E-state index in [1.807, 2.05) is 0 Å². The van der Waals surface area contributed by atoms with Crippen LogP contribution in [0.15, 0.2) is 0 Å². The average molecular weight is 173 g/mol. The van der Waals surface area contributed by atoms with Crippen LogP contribution in [0, 0.1) is 5.41 Å². The first-order valence-corrected chi connectivity index (χ1v) is 4.10. The normalized spacial score (nSPS) is 12.9. The Kier molecular flexibility index (Phi) is 2.91. The fourth-order valence-corrected chi connectivity index (χ4v) is 0.622. The van der Waals surface area contributed by atoms with Crippen molar-refractivity contribution in [3.63, 3.8) is 0 Å². The molecule has 0 saturated carbocycles. The van der Waals surface area contributed by atoms with Crippen LogP contribution in [-0.4, -0.2) is 21.7 Å². The van der Waals surface area contributed by atoms with Crippen LogP contribution in [0.3, 0.4) is 0 Å². The molecule has 0 bridgehead atoms. The molecule has 3 heteroatoms. The molecule has 0 rings (SSSR count). The van der Waals surface area contributed by atoms with Crippen LogP contribution in [0.2, 0.25) is 0 Å². The Labute approximate surface area is 74.3 Å². The van der Waals surface area contributed by atoms with Gasteiger partial charge in [0.2, 0.25) is 0 Å². The molecule has 0 unspecified atom stereocenters. The van der Waals surface area contributed by atoms with Gasteiger partial charge in [0, 0.05) is 5.41 Å². The molecule has 12 heavy (non-hydrogen) atoms. The maximum atomic E-state index is 11.5. The van der Waals surface area contributed by atoms with Crippen LogP contribution in [0.25, 0.3) is 0 Å². The molecule has 0 spiro atoms. The van der Waals surface area contributed by atoms with Gasteiger partial charge in [0.25, 0.3) is 5.91 Å². The quantitative estimate of drug-likeness (QED) is 0.450. The first kappa shape index (κ1) is 11.4. The van der Waals surface area contributed by atoms with Crippen molar-refractivity contribution in [2.75, 3.05) is 0 Å². The summed E-state index contributed by atoms with van der Waals surface area (Å²) in [4.78, 5) is 11.5. The van der Waals surface area contributed by atoms with Crippen molar-refractivity contribution in [3.05, 3.63) is 0 Å². The van der Waals surface area contributed by atoms with Gasteiger partial charge in [0.15, 0.2) is 0 Å². The SMILES string of the molecule is CC(C)(C)C(=O)N(O)C(C)(C)C. The maximum Gasteiger partial charge on any atom is 0.251 e. The molecule has 0 aliphatic heterocycles. The number of nitrogens with zero attached hydrogens (tertiary/aromatic N) is 1. The predicted octanol–water partition coefficient (Wildman–Crippen LogP) is 2.05. The number of hydroxylamine groups is 2. The lowest BCUT2D eigenvalue weighted by Crippen LogP contribution is -2.47. The smallest absolute Gasteiger partial charge is 0.251 e. The Morgan fingerprint density at radius 2 is 1.42 bits per heavy atom. The molecule has 0 aromatic rings. The van der Waals surface area contributed by atoms with Gasteiger partial charge in [-0.2, -0.15) is 0 Å². The molecule has 1 N–H and O–H groups in total. The highest BCUT2D eigenvalue weighted by Gasteiger charge is 2.32. The zero-order valence-electron chi connectivity index (χ0n) is 8.80. The zero-order valence-corrected chi connectivity index (χ0v) is 8.80. The number of carbonyl (C=O) groups is 1. The van der Waals surface area contributed by atoms with E-state index in [9.17, 15) is 10.0 Å². The summed E-state index contributed by atoms with van der Waals surface area (Å²) in [7, 11) is 0. The molecule has 0 aliphatic carbocycles. The summed E-state index contributed by atoms with van der Waals surface area (Å²) >= 11 is 0. The molecule has 1 amide bonds. The largest absolute Gasteiger partial charge is 0.285 e. The van der Waals surface area contributed by atoms with Crippen LogP contribution < -0.4 is 0 Å². The Morgan fingerprint density at radius 1 is 1.08 bits per heavy atom. The molecule has 0 aromatic heterocycles. The second-order valence-electron chi connectivity index (χ2n) is 5.04. The molecule has 0 saturated heterocycles. The van der Waals surface area contributed by atoms with E-state index in [0.29, 0.717) is 0 Å². The standard InChI is InChI=1S/C9H19NO2/c1-8(2,3)7(11)10(12)9(4,5)6/h12H,1-6H3. The third-order valence-electron chi connectivity index (χ3n) is 1.47. The summed E-state index contributed by atoms with van der Waals surface area (Å²) in [6.07, 6.45) is 0. The van der Waals surface area contributed by atoms with Crippen LogP contribution in [0.5, 0.6) is 0 Å². The second kappa shape index (κ2) is 3.05. The van der Waals surface area contributed by atoms with Crippen LogP contribution in [0.1, 0.15) is 41.5 Å². The Balaban J connectivity index is 4.53. The van der Waals surface area contributed by atoms with Crippen molar-refractivity contribution in [1.29, 1.82) is 0 Å². The summed E-state index contributed by atoms with van der Waals surface area (Å²) in [5, 5.41) is 10.3. The van der Waals surface area contributed by atoms with Gasteiger partial charge in [-0.05, 0) is 20.8 Å². The minimum absolute atomic E-state index is 0.255. The fourth-order valence-electron chi connectivity index (χ4n) is 0.622. The zero-order chi connectivity index (χ0) is 10.2. The average Bonchev–Trinajstić information content (AvgIpc) is 1.80. The molecule has 0 fully saturated rings. The van der Waals surface area contributed by atoms with Crippen molar-refractivity contribution in [1.82, 2.24) is 5.06 Å². The molecule has 0 aromatic carbocycles. The van der Waals surface area contributed by atoms with E-state index in [-0.39, 0.29) is 5.91 Å². The fraction of sp³-hybridized carbons (Fsp3) is 0.889. The molecule has 0 atom stereocenters. The maximum absolute atomic E-state index is 11.5. The minimum atomic E-state index is -0.526. The van der Waals surface area contributed by atoms with Crippen molar-refractivity contribution in [2.24, 2.45) is 5.41 Å². The number of hydrogen-bond acceptors (Lipinski definition) is 2. The number of rotatable bonds is 0. The van der Waals surface area contributed by atoms with Crippen LogP contribution in [0.4, 0.5) is 0 Å². The van der Waals surface area contributed by atoms with Crippen molar-refractivity contribution < 1.29 is 10.0 Å². The lowest BCUT2D eigenvalue weighted by Gasteiger charge is -2.33. The summed E-state index contributed by atoms with van der Waals surface area (Å²) in [6.45, 7) is 10.7. The third kappa shape index (κ3) is 2.81. The lowest BCUT2D eigenvalue weighted by molar-refractivity contribution is -0.195. The van der Waals surface area contributed by atoms with E-state index in [2.05, 4.69) is 0 Å². The van der Waals surface area contributed by atoms with Gasteiger partial charge in [-0.15, -0.1) is 0 Å². The van der Waals surface area contributed by atoms with Crippen molar-refractivity contribution >= 4 is 5.91 Å². The van der Waals surface area contributed by atoms with Crippen LogP contribution >= 0.6 is 0 Å². The van der Waals surface area contributed by atoms with Gasteiger partial charge in [-0.25, -0.2) is 5.06 Å². The van der Waals surface area contributed by atoms with Gasteiger partial charge < -0.3 is 0 Å². The highest BCUT2D eigenvalue weighted by molar-refractivity contribution is 5.80. The minimum Gasteiger partial charge on any atom is -0.285 e. The van der Waals surface area contributed by atoms with Gasteiger partial charge >= 0.3 is 0 Å². The lowest BCUT2D eigenvalue weighted by atomic mass is 9.93. The number of carbonyl (C=O) groups excluding carboxylic acids is 1. The van der Waals surface area contributed by atoms with Crippen LogP contribution in [-0.2, 0) is 4.79 Å². The monoisotopic (exact) mass is 173 g/mol. The van der Waals surface area contributed by atoms with Crippen molar-refractivity contribution in [2.45, 2.75) is 47.1 Å². The Hall–Kier alpha value is -0.570. The van der Waals surface area contributed by atoms with Gasteiger partial charge in [0.05, 0.1) is 5.54 Å². The van der Waals surface area contributed by atoms with Gasteiger partial charge in [0.1, 0.15) is 0 Å². The van der Waals surface area contributed by atoms with E-state index < -0.39 is 11.0 Å². The summed E-state index contributed by atoms with van der Waals surface area (Å²) in [5.74, 6) is -0.255. The summed E-state index contributed by atoms with van der Waals surface area (Å²) < 4.78 is 0. The third-order valence-corrected chi connectivity index (χ3v) is 1.47.